The molecule has 98 valence electrons. The van der Waals surface area contributed by atoms with Crippen LogP contribution in [0, 0.1) is 6.92 Å². The number of hydrogen-bond donors (Lipinski definition) is 2. The van der Waals surface area contributed by atoms with Crippen molar-refractivity contribution in [1.82, 2.24) is 10.3 Å². The highest BCUT2D eigenvalue weighted by atomic mass is 32.1. The summed E-state index contributed by atoms with van der Waals surface area (Å²) in [6, 6.07) is 0. The molecule has 2 amide bonds. The van der Waals surface area contributed by atoms with E-state index >= 15 is 0 Å². The fraction of sp³-hybridized carbons (Fsp3) is 0.417. The fourth-order valence-corrected chi connectivity index (χ4v) is 2.28. The minimum Gasteiger partial charge on any atom is -0.352 e. The molecule has 0 aliphatic heterocycles. The predicted molar refractivity (Wildman–Crippen MR) is 72.7 cm³/mol. The van der Waals surface area contributed by atoms with Crippen molar-refractivity contribution >= 4 is 28.3 Å². The first-order valence-electron chi connectivity index (χ1n) is 5.73. The molecular formula is C12H17N3O2S. The minimum absolute atomic E-state index is 0.157. The van der Waals surface area contributed by atoms with Gasteiger partial charge in [-0.25, -0.2) is 4.98 Å². The van der Waals surface area contributed by atoms with Crippen molar-refractivity contribution in [2.45, 2.75) is 26.7 Å². The molecule has 2 N–H and O–H groups in total. The van der Waals surface area contributed by atoms with E-state index in [1.807, 2.05) is 13.8 Å². The molecule has 18 heavy (non-hydrogen) atoms. The molecule has 1 aromatic rings. The van der Waals surface area contributed by atoms with Gasteiger partial charge in [0.05, 0.1) is 5.69 Å². The smallest absolute Gasteiger partial charge is 0.243 e. The Morgan fingerprint density at radius 3 is 2.78 bits per heavy atom. The first-order chi connectivity index (χ1) is 8.56. The molecule has 0 spiro atoms. The van der Waals surface area contributed by atoms with Crippen molar-refractivity contribution in [3.63, 3.8) is 0 Å². The molecule has 0 atom stereocenters. The second kappa shape index (κ2) is 6.90. The maximum Gasteiger partial charge on any atom is 0.243 e. The molecule has 0 bridgehead atoms. The van der Waals surface area contributed by atoms with Gasteiger partial charge in [0.25, 0.3) is 0 Å². The Morgan fingerprint density at radius 2 is 2.22 bits per heavy atom. The highest BCUT2D eigenvalue weighted by Crippen LogP contribution is 2.22. The molecule has 0 aliphatic carbocycles. The highest BCUT2D eigenvalue weighted by Gasteiger charge is 2.09. The molecule has 0 unspecified atom stereocenters. The molecule has 1 rings (SSSR count). The van der Waals surface area contributed by atoms with Gasteiger partial charge in [-0.3, -0.25) is 9.59 Å². The summed E-state index contributed by atoms with van der Waals surface area (Å²) in [4.78, 5) is 27.9. The van der Waals surface area contributed by atoms with Crippen LogP contribution < -0.4 is 10.6 Å². The van der Waals surface area contributed by atoms with Gasteiger partial charge in [-0.05, 0) is 19.4 Å². The first-order valence-corrected chi connectivity index (χ1v) is 6.54. The van der Waals surface area contributed by atoms with E-state index in [1.165, 1.54) is 17.4 Å². The van der Waals surface area contributed by atoms with Crippen LogP contribution in [0.5, 0.6) is 0 Å². The number of nitrogens with zero attached hydrogens (tertiary/aromatic N) is 1. The van der Waals surface area contributed by atoms with Crippen LogP contribution in [-0.2, 0) is 16.0 Å². The number of hydrogen-bond acceptors (Lipinski definition) is 4. The van der Waals surface area contributed by atoms with Crippen LogP contribution in [-0.4, -0.2) is 23.3 Å². The molecule has 6 heteroatoms. The summed E-state index contributed by atoms with van der Waals surface area (Å²) in [7, 11) is 0. The molecule has 0 saturated carbocycles. The Labute approximate surface area is 110 Å². The summed E-state index contributed by atoms with van der Waals surface area (Å²) < 4.78 is 0. The second-order valence-electron chi connectivity index (χ2n) is 3.67. The molecule has 0 aromatic carbocycles. The maximum atomic E-state index is 11.6. The minimum atomic E-state index is -0.277. The van der Waals surface area contributed by atoms with E-state index in [2.05, 4.69) is 22.2 Å². The summed E-state index contributed by atoms with van der Waals surface area (Å²) >= 11 is 1.46. The molecule has 1 heterocycles. The highest BCUT2D eigenvalue weighted by molar-refractivity contribution is 7.15. The molecule has 5 nitrogen and oxygen atoms in total. The zero-order valence-corrected chi connectivity index (χ0v) is 11.4. The van der Waals surface area contributed by atoms with Gasteiger partial charge in [-0.15, -0.1) is 11.3 Å². The van der Waals surface area contributed by atoms with Crippen LogP contribution in [0.3, 0.4) is 0 Å². The predicted octanol–water partition coefficient (Wildman–Crippen LogP) is 1.64. The largest absolute Gasteiger partial charge is 0.352 e. The molecule has 1 aromatic heterocycles. The van der Waals surface area contributed by atoms with E-state index < -0.39 is 0 Å². The number of carbonyl (C=O) groups is 2. The van der Waals surface area contributed by atoms with E-state index in [0.717, 1.165) is 17.0 Å². The summed E-state index contributed by atoms with van der Waals surface area (Å²) in [6.45, 7) is 7.63. The Kier molecular flexibility index (Phi) is 5.51. The Bertz CT molecular complexity index is 454. The van der Waals surface area contributed by atoms with E-state index in [-0.39, 0.29) is 18.2 Å². The summed E-state index contributed by atoms with van der Waals surface area (Å²) in [5.41, 5.74) is 1.01. The Balaban J connectivity index is 2.39. The van der Waals surface area contributed by atoms with E-state index in [0.29, 0.717) is 11.7 Å². The van der Waals surface area contributed by atoms with Gasteiger partial charge in [0.1, 0.15) is 0 Å². The molecular weight excluding hydrogens is 250 g/mol. The van der Waals surface area contributed by atoms with Crippen LogP contribution in [0.15, 0.2) is 12.7 Å². The van der Waals surface area contributed by atoms with Gasteiger partial charge < -0.3 is 10.6 Å². The lowest BCUT2D eigenvalue weighted by Gasteiger charge is -2.02. The van der Waals surface area contributed by atoms with Crippen molar-refractivity contribution in [3.8, 4) is 0 Å². The topological polar surface area (TPSA) is 71.1 Å². The average molecular weight is 267 g/mol. The van der Waals surface area contributed by atoms with Crippen molar-refractivity contribution < 1.29 is 9.59 Å². The first kappa shape index (κ1) is 14.4. The quantitative estimate of drug-likeness (QED) is 0.770. The van der Waals surface area contributed by atoms with Crippen molar-refractivity contribution in [2.24, 2.45) is 0 Å². The van der Waals surface area contributed by atoms with Crippen LogP contribution in [0.4, 0.5) is 5.13 Å². The fourth-order valence-electron chi connectivity index (χ4n) is 1.36. The monoisotopic (exact) mass is 267 g/mol. The van der Waals surface area contributed by atoms with Gasteiger partial charge in [0, 0.05) is 17.8 Å². The third kappa shape index (κ3) is 4.29. The number of aryl methyl sites for hydroxylation is 2. The van der Waals surface area contributed by atoms with Gasteiger partial charge in [-0.1, -0.05) is 13.5 Å². The lowest BCUT2D eigenvalue weighted by atomic mass is 10.3. The van der Waals surface area contributed by atoms with Crippen LogP contribution in [0.1, 0.15) is 23.9 Å². The molecule has 0 radical (unpaired) electrons. The summed E-state index contributed by atoms with van der Waals surface area (Å²) in [5, 5.41) is 5.88. The molecule has 0 fully saturated rings. The molecule has 0 saturated heterocycles. The number of nitrogens with one attached hydrogen (secondary N) is 2. The number of thiazole rings is 1. The van der Waals surface area contributed by atoms with Gasteiger partial charge in [0.2, 0.25) is 11.8 Å². The van der Waals surface area contributed by atoms with Crippen LogP contribution >= 0.6 is 11.3 Å². The number of aromatic nitrogens is 1. The van der Waals surface area contributed by atoms with E-state index in [1.54, 1.807) is 0 Å². The number of rotatable bonds is 6. The third-order valence-electron chi connectivity index (χ3n) is 2.31. The second-order valence-corrected chi connectivity index (χ2v) is 4.87. The van der Waals surface area contributed by atoms with Crippen molar-refractivity contribution in [2.75, 3.05) is 11.9 Å². The summed E-state index contributed by atoms with van der Waals surface area (Å²) in [6.07, 6.45) is 2.25. The van der Waals surface area contributed by atoms with Crippen LogP contribution in [0.25, 0.3) is 0 Å². The normalized spacial score (nSPS) is 9.89. The van der Waals surface area contributed by atoms with Crippen molar-refractivity contribution in [3.05, 3.63) is 23.2 Å². The average Bonchev–Trinajstić information content (AvgIpc) is 2.69. The standard InChI is InChI=1S/C12H17N3O2S/c1-4-9-8(3)18-12(14-9)15-11(17)6-7-13-10(16)5-2/h5H,2,4,6-7H2,1,3H3,(H,13,16)(H,14,15,17). The number of anilines is 1. The SMILES string of the molecule is C=CC(=O)NCCC(=O)Nc1nc(CC)c(C)s1. The van der Waals surface area contributed by atoms with E-state index in [9.17, 15) is 9.59 Å². The lowest BCUT2D eigenvalue weighted by molar-refractivity contribution is -0.117. The number of carbonyl (C=O) groups excluding carboxylic acids is 2. The third-order valence-corrected chi connectivity index (χ3v) is 3.24. The van der Waals surface area contributed by atoms with Crippen molar-refractivity contribution in [1.29, 1.82) is 0 Å². The lowest BCUT2D eigenvalue weighted by Crippen LogP contribution is -2.25. The van der Waals surface area contributed by atoms with Crippen LogP contribution in [0.2, 0.25) is 0 Å². The van der Waals surface area contributed by atoms with Gasteiger partial charge >= 0.3 is 0 Å². The number of amides is 2. The Morgan fingerprint density at radius 1 is 1.50 bits per heavy atom. The zero-order chi connectivity index (χ0) is 13.5. The van der Waals surface area contributed by atoms with Gasteiger partial charge in [-0.2, -0.15) is 0 Å². The van der Waals surface area contributed by atoms with Gasteiger partial charge in [0.15, 0.2) is 5.13 Å². The summed E-state index contributed by atoms with van der Waals surface area (Å²) in [5.74, 6) is -0.433. The molecule has 0 aliphatic rings. The Hall–Kier alpha value is -1.69. The van der Waals surface area contributed by atoms with E-state index in [4.69, 9.17) is 0 Å². The zero-order valence-electron chi connectivity index (χ0n) is 10.6. The maximum absolute atomic E-state index is 11.6.